The van der Waals surface area contributed by atoms with Crippen molar-refractivity contribution in [1.29, 1.82) is 0 Å². The van der Waals surface area contributed by atoms with Crippen molar-refractivity contribution in [2.75, 3.05) is 39.5 Å². The molecule has 2 atom stereocenters. The van der Waals surface area contributed by atoms with Crippen LogP contribution in [0, 0.1) is 12.3 Å². The third kappa shape index (κ3) is 4.80. The van der Waals surface area contributed by atoms with Crippen molar-refractivity contribution in [3.63, 3.8) is 0 Å². The largest absolute Gasteiger partial charge is 0.465 e. The number of benzene rings is 1. The highest BCUT2D eigenvalue weighted by molar-refractivity contribution is 5.77. The summed E-state index contributed by atoms with van der Waals surface area (Å²) in [6.07, 6.45) is 5.41. The van der Waals surface area contributed by atoms with E-state index in [0.29, 0.717) is 39.5 Å². The summed E-state index contributed by atoms with van der Waals surface area (Å²) in [5.74, 6) is 2.36. The van der Waals surface area contributed by atoms with E-state index in [4.69, 9.17) is 15.9 Å². The van der Waals surface area contributed by atoms with Crippen LogP contribution in [0.2, 0.25) is 0 Å². The van der Waals surface area contributed by atoms with E-state index in [9.17, 15) is 4.79 Å². The van der Waals surface area contributed by atoms with E-state index in [1.165, 1.54) is 0 Å². The zero-order valence-corrected chi connectivity index (χ0v) is 13.5. The standard InChI is InChI=1S/C18H24N2O3/c1-3-10-19-16(15-8-6-5-7-9-15)17(18(21)23-4-2)20-11-13-22-14-12-20/h1,5-9,16-17,19H,4,10-14H2,2H3/t16-,17+/m0/s1. The van der Waals surface area contributed by atoms with Gasteiger partial charge in [0.15, 0.2) is 0 Å². The zero-order chi connectivity index (χ0) is 16.5. The molecular weight excluding hydrogens is 292 g/mol. The number of morpholine rings is 1. The summed E-state index contributed by atoms with van der Waals surface area (Å²) in [6, 6.07) is 9.24. The Balaban J connectivity index is 2.30. The second kappa shape index (κ2) is 9.31. The van der Waals surface area contributed by atoms with Crippen LogP contribution in [0.15, 0.2) is 30.3 Å². The molecule has 5 nitrogen and oxygen atoms in total. The Bertz CT molecular complexity index is 521. The van der Waals surface area contributed by atoms with Crippen molar-refractivity contribution in [3.05, 3.63) is 35.9 Å². The van der Waals surface area contributed by atoms with Gasteiger partial charge in [-0.15, -0.1) is 6.42 Å². The van der Waals surface area contributed by atoms with Crippen LogP contribution in [0.3, 0.4) is 0 Å². The highest BCUT2D eigenvalue weighted by Gasteiger charge is 2.36. The number of hydrogen-bond donors (Lipinski definition) is 1. The lowest BCUT2D eigenvalue weighted by Gasteiger charge is -2.37. The van der Waals surface area contributed by atoms with Crippen molar-refractivity contribution < 1.29 is 14.3 Å². The van der Waals surface area contributed by atoms with Gasteiger partial charge in [0.1, 0.15) is 6.04 Å². The lowest BCUT2D eigenvalue weighted by Crippen LogP contribution is -2.54. The lowest BCUT2D eigenvalue weighted by molar-refractivity contribution is -0.152. The number of nitrogens with zero attached hydrogens (tertiary/aromatic N) is 1. The molecule has 2 rings (SSSR count). The molecule has 0 bridgehead atoms. The molecule has 1 heterocycles. The van der Waals surface area contributed by atoms with Crippen LogP contribution in [0.4, 0.5) is 0 Å². The van der Waals surface area contributed by atoms with Crippen molar-refractivity contribution in [2.24, 2.45) is 0 Å². The van der Waals surface area contributed by atoms with Crippen LogP contribution in [0.5, 0.6) is 0 Å². The minimum Gasteiger partial charge on any atom is -0.465 e. The molecule has 0 saturated carbocycles. The number of carbonyl (C=O) groups excluding carboxylic acids is 1. The summed E-state index contributed by atoms with van der Waals surface area (Å²) < 4.78 is 10.7. The molecule has 0 aromatic heterocycles. The molecule has 1 aliphatic heterocycles. The first-order chi connectivity index (χ1) is 11.3. The van der Waals surface area contributed by atoms with Crippen molar-refractivity contribution in [2.45, 2.75) is 19.0 Å². The fourth-order valence-corrected chi connectivity index (χ4v) is 2.82. The second-order valence-electron chi connectivity index (χ2n) is 5.32. The van der Waals surface area contributed by atoms with Crippen LogP contribution >= 0.6 is 0 Å². The summed E-state index contributed by atoms with van der Waals surface area (Å²) in [6.45, 7) is 5.20. The molecule has 5 heteroatoms. The molecule has 0 amide bonds. The maximum atomic E-state index is 12.6. The van der Waals surface area contributed by atoms with Gasteiger partial charge in [0, 0.05) is 13.1 Å². The fraction of sp³-hybridized carbons (Fsp3) is 0.500. The Kier molecular flexibility index (Phi) is 7.08. The normalized spacial score (nSPS) is 17.9. The predicted octanol–water partition coefficient (Wildman–Crippen LogP) is 1.21. The van der Waals surface area contributed by atoms with E-state index in [1.807, 2.05) is 37.3 Å². The number of terminal acetylenes is 1. The molecule has 0 spiro atoms. The smallest absolute Gasteiger partial charge is 0.325 e. The highest BCUT2D eigenvalue weighted by Crippen LogP contribution is 2.23. The van der Waals surface area contributed by atoms with Gasteiger partial charge in [-0.05, 0) is 12.5 Å². The Morgan fingerprint density at radius 1 is 1.39 bits per heavy atom. The van der Waals surface area contributed by atoms with E-state index in [2.05, 4.69) is 16.1 Å². The third-order valence-corrected chi connectivity index (χ3v) is 3.87. The first-order valence-corrected chi connectivity index (χ1v) is 7.98. The quantitative estimate of drug-likeness (QED) is 0.605. The monoisotopic (exact) mass is 316 g/mol. The Hall–Kier alpha value is -1.87. The van der Waals surface area contributed by atoms with Gasteiger partial charge in [0.2, 0.25) is 0 Å². The topological polar surface area (TPSA) is 50.8 Å². The predicted molar refractivity (Wildman–Crippen MR) is 88.8 cm³/mol. The van der Waals surface area contributed by atoms with E-state index < -0.39 is 6.04 Å². The van der Waals surface area contributed by atoms with E-state index in [-0.39, 0.29) is 12.0 Å². The van der Waals surface area contributed by atoms with E-state index >= 15 is 0 Å². The molecule has 0 unspecified atom stereocenters. The summed E-state index contributed by atoms with van der Waals surface area (Å²) >= 11 is 0. The second-order valence-corrected chi connectivity index (χ2v) is 5.32. The molecule has 1 aliphatic rings. The summed E-state index contributed by atoms with van der Waals surface area (Å²) in [5.41, 5.74) is 1.02. The molecule has 124 valence electrons. The number of ether oxygens (including phenoxy) is 2. The average molecular weight is 316 g/mol. The SMILES string of the molecule is C#CCN[C@@H](c1ccccc1)[C@H](C(=O)OCC)N1CCOCC1. The van der Waals surface area contributed by atoms with Crippen LogP contribution in [0.25, 0.3) is 0 Å². The number of rotatable bonds is 7. The van der Waals surface area contributed by atoms with Crippen LogP contribution < -0.4 is 5.32 Å². The van der Waals surface area contributed by atoms with E-state index in [1.54, 1.807) is 0 Å². The van der Waals surface area contributed by atoms with Gasteiger partial charge in [-0.2, -0.15) is 0 Å². The highest BCUT2D eigenvalue weighted by atomic mass is 16.5. The summed E-state index contributed by atoms with van der Waals surface area (Å²) in [7, 11) is 0. The number of hydrogen-bond acceptors (Lipinski definition) is 5. The Labute approximate surface area is 138 Å². The zero-order valence-electron chi connectivity index (χ0n) is 13.5. The van der Waals surface area contributed by atoms with Crippen molar-refractivity contribution in [3.8, 4) is 12.3 Å². The van der Waals surface area contributed by atoms with Gasteiger partial charge in [-0.1, -0.05) is 36.3 Å². The van der Waals surface area contributed by atoms with Crippen molar-refractivity contribution >= 4 is 5.97 Å². The minimum absolute atomic E-state index is 0.218. The minimum atomic E-state index is -0.422. The van der Waals surface area contributed by atoms with Gasteiger partial charge in [0.25, 0.3) is 0 Å². The Morgan fingerprint density at radius 2 is 2.09 bits per heavy atom. The average Bonchev–Trinajstić information content (AvgIpc) is 2.60. The molecule has 1 aromatic carbocycles. The molecule has 1 N–H and O–H groups in total. The van der Waals surface area contributed by atoms with Crippen LogP contribution in [0.1, 0.15) is 18.5 Å². The van der Waals surface area contributed by atoms with Gasteiger partial charge in [0.05, 0.1) is 32.4 Å². The first-order valence-electron chi connectivity index (χ1n) is 7.98. The molecule has 23 heavy (non-hydrogen) atoms. The summed E-state index contributed by atoms with van der Waals surface area (Å²) in [4.78, 5) is 14.7. The maximum Gasteiger partial charge on any atom is 0.325 e. The molecule has 1 aromatic rings. The molecule has 0 radical (unpaired) electrons. The van der Waals surface area contributed by atoms with Gasteiger partial charge in [-0.3, -0.25) is 15.0 Å². The van der Waals surface area contributed by atoms with Gasteiger partial charge < -0.3 is 9.47 Å². The number of nitrogens with one attached hydrogen (secondary N) is 1. The number of carbonyl (C=O) groups is 1. The Morgan fingerprint density at radius 3 is 2.70 bits per heavy atom. The van der Waals surface area contributed by atoms with Gasteiger partial charge in [-0.25, -0.2) is 0 Å². The van der Waals surface area contributed by atoms with Crippen LogP contribution in [-0.4, -0.2) is 56.4 Å². The van der Waals surface area contributed by atoms with Gasteiger partial charge >= 0.3 is 5.97 Å². The molecule has 1 fully saturated rings. The van der Waals surface area contributed by atoms with E-state index in [0.717, 1.165) is 5.56 Å². The lowest BCUT2D eigenvalue weighted by atomic mass is 9.97. The molecule has 1 saturated heterocycles. The fourth-order valence-electron chi connectivity index (χ4n) is 2.82. The molecular formula is C18H24N2O3. The summed E-state index contributed by atoms with van der Waals surface area (Å²) in [5, 5.41) is 3.30. The van der Waals surface area contributed by atoms with Crippen molar-refractivity contribution in [1.82, 2.24) is 10.2 Å². The molecule has 0 aliphatic carbocycles. The third-order valence-electron chi connectivity index (χ3n) is 3.87. The van der Waals surface area contributed by atoms with Crippen LogP contribution in [-0.2, 0) is 14.3 Å². The number of esters is 1. The maximum absolute atomic E-state index is 12.6. The first kappa shape index (κ1) is 17.5.